The summed E-state index contributed by atoms with van der Waals surface area (Å²) in [5.41, 5.74) is 1.61. The third-order valence-electron chi connectivity index (χ3n) is 4.08. The van der Waals surface area contributed by atoms with Crippen LogP contribution in [0.25, 0.3) is 0 Å². The summed E-state index contributed by atoms with van der Waals surface area (Å²) in [7, 11) is 0. The summed E-state index contributed by atoms with van der Waals surface area (Å²) >= 11 is 0. The number of amides is 2. The number of benzene rings is 1. The first-order valence-electron chi connectivity index (χ1n) is 7.77. The second kappa shape index (κ2) is 6.60. The molecule has 2 amide bonds. The van der Waals surface area contributed by atoms with Gasteiger partial charge in [0.1, 0.15) is 0 Å². The van der Waals surface area contributed by atoms with Gasteiger partial charge in [-0.15, -0.1) is 0 Å². The van der Waals surface area contributed by atoms with Crippen molar-refractivity contribution in [1.82, 2.24) is 4.98 Å². The second-order valence-corrected chi connectivity index (χ2v) is 5.53. The average molecular weight is 309 g/mol. The smallest absolute Gasteiger partial charge is 0.232 e. The molecule has 0 bridgehead atoms. The molecular weight excluding hydrogens is 290 g/mol. The Labute approximate surface area is 135 Å². The molecule has 1 atom stereocenters. The molecule has 0 aliphatic carbocycles. The molecule has 0 radical (unpaired) electrons. The molecular formula is C18H19N3O2. The van der Waals surface area contributed by atoms with Crippen LogP contribution in [0.15, 0.2) is 54.9 Å². The van der Waals surface area contributed by atoms with E-state index < -0.39 is 0 Å². The van der Waals surface area contributed by atoms with Crippen molar-refractivity contribution < 1.29 is 9.59 Å². The van der Waals surface area contributed by atoms with Crippen LogP contribution >= 0.6 is 0 Å². The van der Waals surface area contributed by atoms with Crippen molar-refractivity contribution in [3.8, 4) is 0 Å². The lowest BCUT2D eigenvalue weighted by Gasteiger charge is -2.24. The standard InChI is InChI=1S/C18H19N3O2/c1-2-20(15-7-4-3-5-8-15)18(23)14-11-17(22)21(13-14)16-9-6-10-19-12-16/h3-10,12,14H,2,11,13H2,1H3. The summed E-state index contributed by atoms with van der Waals surface area (Å²) < 4.78 is 0. The molecule has 23 heavy (non-hydrogen) atoms. The molecule has 118 valence electrons. The number of para-hydroxylation sites is 1. The van der Waals surface area contributed by atoms with E-state index >= 15 is 0 Å². The number of carbonyl (C=O) groups is 2. The number of nitrogens with zero attached hydrogens (tertiary/aromatic N) is 3. The Balaban J connectivity index is 1.77. The average Bonchev–Trinajstić information content (AvgIpc) is 2.99. The Bertz CT molecular complexity index is 688. The monoisotopic (exact) mass is 309 g/mol. The van der Waals surface area contributed by atoms with Crippen LogP contribution in [0.5, 0.6) is 0 Å². The lowest BCUT2D eigenvalue weighted by Crippen LogP contribution is -2.37. The molecule has 2 heterocycles. The minimum atomic E-state index is -0.317. The molecule has 1 fully saturated rings. The Hall–Kier alpha value is -2.69. The van der Waals surface area contributed by atoms with E-state index in [1.54, 1.807) is 28.3 Å². The van der Waals surface area contributed by atoms with Crippen molar-refractivity contribution >= 4 is 23.2 Å². The van der Waals surface area contributed by atoms with E-state index in [-0.39, 0.29) is 24.2 Å². The highest BCUT2D eigenvalue weighted by Gasteiger charge is 2.37. The molecule has 5 nitrogen and oxygen atoms in total. The zero-order valence-electron chi connectivity index (χ0n) is 13.1. The largest absolute Gasteiger partial charge is 0.312 e. The van der Waals surface area contributed by atoms with Crippen LogP contribution in [0.3, 0.4) is 0 Å². The molecule has 0 spiro atoms. The SMILES string of the molecule is CCN(C(=O)C1CC(=O)N(c2cccnc2)C1)c1ccccc1. The van der Waals surface area contributed by atoms with Crippen LogP contribution in [-0.4, -0.2) is 29.9 Å². The van der Waals surface area contributed by atoms with E-state index in [1.165, 1.54) is 0 Å². The van der Waals surface area contributed by atoms with Gasteiger partial charge < -0.3 is 9.80 Å². The van der Waals surface area contributed by atoms with Crippen LogP contribution in [0, 0.1) is 5.92 Å². The van der Waals surface area contributed by atoms with Crippen LogP contribution < -0.4 is 9.80 Å². The maximum absolute atomic E-state index is 12.8. The van der Waals surface area contributed by atoms with Gasteiger partial charge in [0.25, 0.3) is 0 Å². The van der Waals surface area contributed by atoms with Crippen molar-refractivity contribution in [2.75, 3.05) is 22.9 Å². The zero-order valence-corrected chi connectivity index (χ0v) is 13.1. The first kappa shape index (κ1) is 15.2. The predicted octanol–water partition coefficient (Wildman–Crippen LogP) is 2.49. The number of hydrogen-bond acceptors (Lipinski definition) is 3. The minimum absolute atomic E-state index is 0.00144. The van der Waals surface area contributed by atoms with Crippen molar-refractivity contribution in [3.63, 3.8) is 0 Å². The number of anilines is 2. The molecule has 0 saturated carbocycles. The molecule has 2 aromatic rings. The van der Waals surface area contributed by atoms with Gasteiger partial charge in [-0.2, -0.15) is 0 Å². The van der Waals surface area contributed by atoms with Gasteiger partial charge in [0.2, 0.25) is 11.8 Å². The molecule has 0 N–H and O–H groups in total. The molecule has 5 heteroatoms. The zero-order chi connectivity index (χ0) is 16.2. The number of pyridine rings is 1. The lowest BCUT2D eigenvalue weighted by atomic mass is 10.1. The second-order valence-electron chi connectivity index (χ2n) is 5.53. The predicted molar refractivity (Wildman–Crippen MR) is 89.2 cm³/mol. The molecule has 1 aliphatic rings. The van der Waals surface area contributed by atoms with E-state index in [0.717, 1.165) is 11.4 Å². The number of carbonyl (C=O) groups excluding carboxylic acids is 2. The van der Waals surface area contributed by atoms with E-state index in [0.29, 0.717) is 13.1 Å². The lowest BCUT2D eigenvalue weighted by molar-refractivity contribution is -0.124. The van der Waals surface area contributed by atoms with Crippen molar-refractivity contribution in [2.45, 2.75) is 13.3 Å². The highest BCUT2D eigenvalue weighted by atomic mass is 16.2. The fourth-order valence-corrected chi connectivity index (χ4v) is 2.93. The first-order valence-corrected chi connectivity index (χ1v) is 7.77. The Morgan fingerprint density at radius 2 is 2.04 bits per heavy atom. The number of aromatic nitrogens is 1. The molecule has 3 rings (SSSR count). The maximum atomic E-state index is 12.8. The van der Waals surface area contributed by atoms with Crippen LogP contribution in [0.4, 0.5) is 11.4 Å². The summed E-state index contributed by atoms with van der Waals surface area (Å²) in [5, 5.41) is 0. The first-order chi connectivity index (χ1) is 11.2. The van der Waals surface area contributed by atoms with Crippen molar-refractivity contribution in [2.24, 2.45) is 5.92 Å². The van der Waals surface area contributed by atoms with E-state index in [2.05, 4.69) is 4.98 Å². The molecule has 1 aromatic heterocycles. The summed E-state index contributed by atoms with van der Waals surface area (Å²) in [5.74, 6) is -0.346. The maximum Gasteiger partial charge on any atom is 0.232 e. The number of rotatable bonds is 4. The highest BCUT2D eigenvalue weighted by molar-refractivity contribution is 6.04. The van der Waals surface area contributed by atoms with Gasteiger partial charge in [0.15, 0.2) is 0 Å². The summed E-state index contributed by atoms with van der Waals surface area (Å²) in [6.07, 6.45) is 3.57. The normalized spacial score (nSPS) is 17.3. The van der Waals surface area contributed by atoms with Crippen LogP contribution in [-0.2, 0) is 9.59 Å². The van der Waals surface area contributed by atoms with E-state index in [9.17, 15) is 9.59 Å². The van der Waals surface area contributed by atoms with Crippen LogP contribution in [0.1, 0.15) is 13.3 Å². The summed E-state index contributed by atoms with van der Waals surface area (Å²) in [6, 6.07) is 13.2. The van der Waals surface area contributed by atoms with Gasteiger partial charge in [-0.05, 0) is 31.2 Å². The van der Waals surface area contributed by atoms with Gasteiger partial charge in [0, 0.05) is 31.4 Å². The van der Waals surface area contributed by atoms with Gasteiger partial charge >= 0.3 is 0 Å². The van der Waals surface area contributed by atoms with E-state index in [1.807, 2.05) is 43.3 Å². The molecule has 1 aliphatic heterocycles. The highest BCUT2D eigenvalue weighted by Crippen LogP contribution is 2.27. The van der Waals surface area contributed by atoms with Gasteiger partial charge in [-0.3, -0.25) is 14.6 Å². The van der Waals surface area contributed by atoms with Gasteiger partial charge in [-0.1, -0.05) is 18.2 Å². The number of hydrogen-bond donors (Lipinski definition) is 0. The minimum Gasteiger partial charge on any atom is -0.312 e. The molecule has 1 saturated heterocycles. The quantitative estimate of drug-likeness (QED) is 0.872. The fraction of sp³-hybridized carbons (Fsp3) is 0.278. The summed E-state index contributed by atoms with van der Waals surface area (Å²) in [6.45, 7) is 2.94. The van der Waals surface area contributed by atoms with E-state index in [4.69, 9.17) is 0 Å². The Morgan fingerprint density at radius 3 is 2.70 bits per heavy atom. The van der Waals surface area contributed by atoms with Crippen molar-refractivity contribution in [1.29, 1.82) is 0 Å². The van der Waals surface area contributed by atoms with Gasteiger partial charge in [0.05, 0.1) is 17.8 Å². The van der Waals surface area contributed by atoms with Gasteiger partial charge in [-0.25, -0.2) is 0 Å². The fourth-order valence-electron chi connectivity index (χ4n) is 2.93. The Morgan fingerprint density at radius 1 is 1.26 bits per heavy atom. The Kier molecular flexibility index (Phi) is 4.37. The third kappa shape index (κ3) is 3.08. The topological polar surface area (TPSA) is 53.5 Å². The van der Waals surface area contributed by atoms with Crippen molar-refractivity contribution in [3.05, 3.63) is 54.9 Å². The molecule has 1 unspecified atom stereocenters. The van der Waals surface area contributed by atoms with Crippen LogP contribution in [0.2, 0.25) is 0 Å². The summed E-state index contributed by atoms with van der Waals surface area (Å²) in [4.78, 5) is 32.5. The molecule has 1 aromatic carbocycles. The third-order valence-corrected chi connectivity index (χ3v) is 4.08.